The number of nitrogens with zero attached hydrogens (tertiary/aromatic N) is 6. The first-order valence-corrected chi connectivity index (χ1v) is 20.2. The number of anilines is 1. The summed E-state index contributed by atoms with van der Waals surface area (Å²) in [4.78, 5) is 25.1. The van der Waals surface area contributed by atoms with Crippen LogP contribution in [0.15, 0.2) is 24.5 Å². The Balaban J connectivity index is 1.32. The molecule has 0 aliphatic carbocycles. The lowest BCUT2D eigenvalue weighted by Crippen LogP contribution is -2.51. The largest absolute Gasteiger partial charge is 0.444 e. The van der Waals surface area contributed by atoms with Gasteiger partial charge in [-0.2, -0.15) is 5.10 Å². The van der Waals surface area contributed by atoms with Crippen LogP contribution in [0.4, 0.5) is 10.6 Å². The maximum absolute atomic E-state index is 12.5. The SMILES string of the molecule is Cn1nc2ccc(-c3cn(COCC[Si](C)(C)C)c4nc(N5C6CCC5CC(NC(=O)OC(C)(C)C)C6)cnc34)c(Cl)c2c1Cl. The highest BCUT2D eigenvalue weighted by atomic mass is 35.5. The minimum Gasteiger partial charge on any atom is -0.444 e. The Morgan fingerprint density at radius 3 is 2.49 bits per heavy atom. The number of alkyl carbamates (subject to hydrolysis) is 1. The fraction of sp³-hybridized carbons (Fsp3) is 0.562. The van der Waals surface area contributed by atoms with E-state index in [0.29, 0.717) is 23.5 Å². The van der Waals surface area contributed by atoms with Gasteiger partial charge in [0.05, 0.1) is 22.1 Å². The summed E-state index contributed by atoms with van der Waals surface area (Å²) in [5.41, 5.74) is 3.40. The first kappa shape index (κ1) is 32.1. The van der Waals surface area contributed by atoms with Gasteiger partial charge in [0.15, 0.2) is 5.65 Å². The molecule has 242 valence electrons. The number of fused-ring (bicyclic) bond motifs is 4. The number of carbonyl (C=O) groups is 1. The van der Waals surface area contributed by atoms with Crippen molar-refractivity contribution >= 4 is 65.3 Å². The van der Waals surface area contributed by atoms with E-state index in [1.165, 1.54) is 0 Å². The Bertz CT molecular complexity index is 1730. The molecule has 1 amide bonds. The van der Waals surface area contributed by atoms with Crippen LogP contribution in [-0.2, 0) is 23.3 Å². The highest BCUT2D eigenvalue weighted by Crippen LogP contribution is 2.42. The summed E-state index contributed by atoms with van der Waals surface area (Å²) >= 11 is 13.6. The molecule has 2 fully saturated rings. The zero-order valence-electron chi connectivity index (χ0n) is 27.2. The van der Waals surface area contributed by atoms with E-state index < -0.39 is 13.7 Å². The Morgan fingerprint density at radius 1 is 1.11 bits per heavy atom. The number of aryl methyl sites for hydroxylation is 1. The summed E-state index contributed by atoms with van der Waals surface area (Å²) in [6.45, 7) is 13.7. The number of carbonyl (C=O) groups excluding carboxylic acids is 1. The molecule has 13 heteroatoms. The third-order valence-electron chi connectivity index (χ3n) is 8.66. The maximum atomic E-state index is 12.5. The summed E-state index contributed by atoms with van der Waals surface area (Å²) in [6.07, 6.45) is 7.32. The van der Waals surface area contributed by atoms with Crippen molar-refractivity contribution in [3.05, 3.63) is 34.7 Å². The van der Waals surface area contributed by atoms with Crippen LogP contribution in [0.3, 0.4) is 0 Å². The molecule has 2 aliphatic heterocycles. The second-order valence-electron chi connectivity index (χ2n) is 14.6. The van der Waals surface area contributed by atoms with E-state index in [0.717, 1.165) is 70.7 Å². The van der Waals surface area contributed by atoms with Gasteiger partial charge in [-0.05, 0) is 58.6 Å². The molecule has 0 saturated carbocycles. The lowest BCUT2D eigenvalue weighted by Gasteiger charge is -2.39. The van der Waals surface area contributed by atoms with Gasteiger partial charge >= 0.3 is 6.09 Å². The van der Waals surface area contributed by atoms with E-state index in [1.54, 1.807) is 11.7 Å². The van der Waals surface area contributed by atoms with E-state index >= 15 is 0 Å². The number of aromatic nitrogens is 5. The van der Waals surface area contributed by atoms with E-state index in [4.69, 9.17) is 42.6 Å². The molecule has 2 aliphatic rings. The highest BCUT2D eigenvalue weighted by Gasteiger charge is 2.42. The normalized spacial score (nSPS) is 20.4. The average molecular weight is 673 g/mol. The molecule has 0 radical (unpaired) electrons. The van der Waals surface area contributed by atoms with E-state index in [1.807, 2.05) is 49.9 Å². The number of amides is 1. The number of rotatable bonds is 8. The van der Waals surface area contributed by atoms with Crippen molar-refractivity contribution < 1.29 is 14.3 Å². The highest BCUT2D eigenvalue weighted by molar-refractivity contribution is 6.76. The van der Waals surface area contributed by atoms with Crippen LogP contribution in [0.1, 0.15) is 46.5 Å². The molecular weight excluding hydrogens is 629 g/mol. The van der Waals surface area contributed by atoms with Crippen LogP contribution in [0.5, 0.6) is 0 Å². The number of ether oxygens (including phenoxy) is 2. The number of halogens is 2. The second kappa shape index (κ2) is 12.1. The molecule has 6 rings (SSSR count). The summed E-state index contributed by atoms with van der Waals surface area (Å²) < 4.78 is 15.4. The summed E-state index contributed by atoms with van der Waals surface area (Å²) in [7, 11) is 0.562. The van der Waals surface area contributed by atoms with E-state index in [9.17, 15) is 4.79 Å². The van der Waals surface area contributed by atoms with Crippen molar-refractivity contribution in [3.8, 4) is 11.1 Å². The van der Waals surface area contributed by atoms with Crippen LogP contribution in [0, 0.1) is 0 Å². The van der Waals surface area contributed by atoms with Gasteiger partial charge in [-0.1, -0.05) is 48.9 Å². The van der Waals surface area contributed by atoms with E-state index in [2.05, 4.69) is 35.0 Å². The lowest BCUT2D eigenvalue weighted by molar-refractivity contribution is 0.0492. The number of piperidine rings is 1. The minimum atomic E-state index is -1.24. The monoisotopic (exact) mass is 671 g/mol. The molecule has 5 heterocycles. The molecule has 10 nitrogen and oxygen atoms in total. The molecule has 2 saturated heterocycles. The van der Waals surface area contributed by atoms with Gasteiger partial charge in [-0.25, -0.2) is 14.8 Å². The fourth-order valence-electron chi connectivity index (χ4n) is 6.56. The zero-order valence-corrected chi connectivity index (χ0v) is 29.7. The van der Waals surface area contributed by atoms with Gasteiger partial charge in [-0.15, -0.1) is 0 Å². The van der Waals surface area contributed by atoms with Gasteiger partial charge in [0.1, 0.15) is 28.8 Å². The molecule has 2 bridgehead atoms. The van der Waals surface area contributed by atoms with Gasteiger partial charge in [0, 0.05) is 57.2 Å². The Hall–Kier alpha value is -2.86. The van der Waals surface area contributed by atoms with Crippen LogP contribution in [0.25, 0.3) is 33.2 Å². The first-order chi connectivity index (χ1) is 21.2. The Labute approximate surface area is 275 Å². The molecule has 0 spiro atoms. The first-order valence-electron chi connectivity index (χ1n) is 15.7. The second-order valence-corrected chi connectivity index (χ2v) is 21.0. The van der Waals surface area contributed by atoms with Crippen molar-refractivity contribution in [2.45, 2.75) is 103 Å². The third kappa shape index (κ3) is 6.68. The van der Waals surface area contributed by atoms with Gasteiger partial charge in [-0.3, -0.25) is 4.68 Å². The number of hydrogen-bond acceptors (Lipinski definition) is 7. The Kier molecular flexibility index (Phi) is 8.60. The van der Waals surface area contributed by atoms with Crippen molar-refractivity contribution in [3.63, 3.8) is 0 Å². The van der Waals surface area contributed by atoms with Crippen LogP contribution < -0.4 is 10.2 Å². The van der Waals surface area contributed by atoms with Crippen LogP contribution in [0.2, 0.25) is 35.9 Å². The molecule has 45 heavy (non-hydrogen) atoms. The standard InChI is InChI=1S/C32H43Cl2N7O3Si/c1-32(2,3)44-31(42)36-19-14-20-8-9-21(15-19)41(20)25-16-35-28-23(17-40(30(28)37-25)18-43-12-13-45(5,6)7)22-10-11-24-26(27(22)33)29(34)39(4)38-24/h10-11,16-17,19-21H,8-9,12-15,18H2,1-7H3,(H,36,42). The van der Waals surface area contributed by atoms with Gasteiger partial charge in [0.25, 0.3) is 0 Å². The fourth-order valence-corrected chi connectivity index (χ4v) is 7.95. The molecule has 4 aromatic rings. The van der Waals surface area contributed by atoms with Crippen LogP contribution in [-0.4, -0.2) is 68.8 Å². The predicted molar refractivity (Wildman–Crippen MR) is 183 cm³/mol. The third-order valence-corrected chi connectivity index (χ3v) is 11.2. The van der Waals surface area contributed by atoms with Crippen LogP contribution >= 0.6 is 23.2 Å². The van der Waals surface area contributed by atoms with Crippen molar-refractivity contribution in [2.75, 3.05) is 11.5 Å². The molecule has 1 aromatic carbocycles. The van der Waals surface area contributed by atoms with Gasteiger partial charge in [0.2, 0.25) is 0 Å². The molecule has 2 atom stereocenters. The summed E-state index contributed by atoms with van der Waals surface area (Å²) in [5.74, 6) is 0.843. The summed E-state index contributed by atoms with van der Waals surface area (Å²) in [6, 6.07) is 5.57. The number of nitrogens with one attached hydrogen (secondary N) is 1. The zero-order chi connectivity index (χ0) is 32.3. The maximum Gasteiger partial charge on any atom is 0.407 e. The van der Waals surface area contributed by atoms with E-state index in [-0.39, 0.29) is 24.2 Å². The topological polar surface area (TPSA) is 99.3 Å². The quantitative estimate of drug-likeness (QED) is 0.152. The minimum absolute atomic E-state index is 0.0666. The average Bonchev–Trinajstić information content (AvgIpc) is 3.53. The summed E-state index contributed by atoms with van der Waals surface area (Å²) in [5, 5.41) is 9.32. The number of benzene rings is 1. The molecule has 1 N–H and O–H groups in total. The predicted octanol–water partition coefficient (Wildman–Crippen LogP) is 7.63. The van der Waals surface area contributed by atoms with Crippen molar-refractivity contribution in [2.24, 2.45) is 7.05 Å². The molecular formula is C32H43Cl2N7O3Si. The van der Waals surface area contributed by atoms with Gasteiger partial charge < -0.3 is 24.3 Å². The number of hydrogen-bond donors (Lipinski definition) is 1. The molecule has 2 unspecified atom stereocenters. The van der Waals surface area contributed by atoms with Crippen molar-refractivity contribution in [1.29, 1.82) is 0 Å². The molecule has 3 aromatic heterocycles. The smallest absolute Gasteiger partial charge is 0.407 e. The Morgan fingerprint density at radius 2 is 1.82 bits per heavy atom. The van der Waals surface area contributed by atoms with Crippen molar-refractivity contribution in [1.82, 2.24) is 29.6 Å². The lowest BCUT2D eigenvalue weighted by atomic mass is 9.97.